The molecule has 7 heteroatoms. The van der Waals surface area contributed by atoms with Crippen LogP contribution in [0.5, 0.6) is 0 Å². The van der Waals surface area contributed by atoms with Crippen molar-refractivity contribution in [2.24, 2.45) is 0 Å². The van der Waals surface area contributed by atoms with E-state index in [4.69, 9.17) is 0 Å². The molecule has 2 N–H and O–H groups in total. The van der Waals surface area contributed by atoms with Gasteiger partial charge in [-0.1, -0.05) is 47.5 Å². The second kappa shape index (κ2) is 9.14. The third-order valence-electron chi connectivity index (χ3n) is 5.52. The molecule has 1 aromatic heterocycles. The summed E-state index contributed by atoms with van der Waals surface area (Å²) in [5, 5.41) is 10.1. The fourth-order valence-corrected chi connectivity index (χ4v) is 3.62. The Morgan fingerprint density at radius 3 is 2.19 bits per heavy atom. The SMILES string of the molecule is Cc1ccc(NC(=O)CN2CCN(C(=O)c3cc(-c4ccc(C)cc4)n[nH]3)CC2)cc1. The highest BCUT2D eigenvalue weighted by atomic mass is 16.2. The van der Waals surface area contributed by atoms with Crippen molar-refractivity contribution in [3.05, 3.63) is 71.4 Å². The Kier molecular flexibility index (Phi) is 6.13. The van der Waals surface area contributed by atoms with Crippen LogP contribution in [0.15, 0.2) is 54.6 Å². The number of carbonyl (C=O) groups excluding carboxylic acids is 2. The molecule has 1 saturated heterocycles. The summed E-state index contributed by atoms with van der Waals surface area (Å²) in [4.78, 5) is 29.0. The summed E-state index contributed by atoms with van der Waals surface area (Å²) < 4.78 is 0. The van der Waals surface area contributed by atoms with Crippen molar-refractivity contribution in [2.45, 2.75) is 13.8 Å². The lowest BCUT2D eigenvalue weighted by atomic mass is 10.1. The Labute approximate surface area is 182 Å². The van der Waals surface area contributed by atoms with Crippen LogP contribution < -0.4 is 5.32 Å². The van der Waals surface area contributed by atoms with E-state index in [0.29, 0.717) is 38.4 Å². The van der Waals surface area contributed by atoms with E-state index in [0.717, 1.165) is 22.5 Å². The van der Waals surface area contributed by atoms with Crippen LogP contribution in [0.3, 0.4) is 0 Å². The molecule has 3 aromatic rings. The van der Waals surface area contributed by atoms with Crippen molar-refractivity contribution in [2.75, 3.05) is 38.0 Å². The number of amides is 2. The molecule has 1 aliphatic heterocycles. The molecule has 0 unspecified atom stereocenters. The number of nitrogens with one attached hydrogen (secondary N) is 2. The molecule has 7 nitrogen and oxygen atoms in total. The highest BCUT2D eigenvalue weighted by Gasteiger charge is 2.24. The summed E-state index contributed by atoms with van der Waals surface area (Å²) in [6.07, 6.45) is 0. The lowest BCUT2D eigenvalue weighted by Crippen LogP contribution is -2.50. The normalized spacial score (nSPS) is 14.5. The number of H-pyrrole nitrogens is 1. The topological polar surface area (TPSA) is 81.3 Å². The molecule has 0 atom stereocenters. The van der Waals surface area contributed by atoms with Crippen LogP contribution in [0.2, 0.25) is 0 Å². The molecule has 0 aliphatic carbocycles. The van der Waals surface area contributed by atoms with Gasteiger partial charge in [-0.2, -0.15) is 5.10 Å². The van der Waals surface area contributed by atoms with E-state index in [1.807, 2.05) is 62.4 Å². The van der Waals surface area contributed by atoms with E-state index in [-0.39, 0.29) is 11.8 Å². The van der Waals surface area contributed by atoms with Crippen LogP contribution in [0, 0.1) is 13.8 Å². The number of piperazine rings is 1. The van der Waals surface area contributed by atoms with Gasteiger partial charge in [0.15, 0.2) is 0 Å². The molecular weight excluding hydrogens is 390 g/mol. The zero-order valence-corrected chi connectivity index (χ0v) is 17.9. The molecule has 31 heavy (non-hydrogen) atoms. The first kappa shape index (κ1) is 20.8. The van der Waals surface area contributed by atoms with Crippen LogP contribution in [0.1, 0.15) is 21.6 Å². The maximum Gasteiger partial charge on any atom is 0.271 e. The Morgan fingerprint density at radius 2 is 1.55 bits per heavy atom. The van der Waals surface area contributed by atoms with E-state index in [2.05, 4.69) is 20.4 Å². The van der Waals surface area contributed by atoms with Crippen molar-refractivity contribution in [3.8, 4) is 11.3 Å². The molecule has 0 saturated carbocycles. The van der Waals surface area contributed by atoms with Crippen LogP contribution in [-0.4, -0.2) is 64.5 Å². The summed E-state index contributed by atoms with van der Waals surface area (Å²) >= 11 is 0. The maximum absolute atomic E-state index is 12.9. The van der Waals surface area contributed by atoms with Crippen molar-refractivity contribution >= 4 is 17.5 Å². The van der Waals surface area contributed by atoms with Gasteiger partial charge < -0.3 is 10.2 Å². The van der Waals surface area contributed by atoms with E-state index < -0.39 is 0 Å². The van der Waals surface area contributed by atoms with Crippen molar-refractivity contribution in [1.82, 2.24) is 20.0 Å². The standard InChI is InChI=1S/C24H27N5O2/c1-17-3-7-19(8-4-17)21-15-22(27-26-21)24(31)29-13-11-28(12-14-29)16-23(30)25-20-9-5-18(2)6-10-20/h3-10,15H,11-14,16H2,1-2H3,(H,25,30)(H,26,27). The Morgan fingerprint density at radius 1 is 0.935 bits per heavy atom. The molecule has 2 amide bonds. The minimum atomic E-state index is -0.0605. The van der Waals surface area contributed by atoms with Gasteiger partial charge in [-0.3, -0.25) is 19.6 Å². The number of anilines is 1. The molecule has 0 bridgehead atoms. The van der Waals surface area contributed by atoms with Gasteiger partial charge in [0, 0.05) is 37.4 Å². The van der Waals surface area contributed by atoms with Crippen LogP contribution in [0.4, 0.5) is 5.69 Å². The smallest absolute Gasteiger partial charge is 0.271 e. The molecule has 1 fully saturated rings. The molecule has 2 heterocycles. The average Bonchev–Trinajstić information content (AvgIpc) is 3.26. The highest BCUT2D eigenvalue weighted by Crippen LogP contribution is 2.19. The van der Waals surface area contributed by atoms with E-state index in [1.54, 1.807) is 11.0 Å². The molecule has 4 rings (SSSR count). The van der Waals surface area contributed by atoms with Crippen LogP contribution in [0.25, 0.3) is 11.3 Å². The fraction of sp³-hybridized carbons (Fsp3) is 0.292. The van der Waals surface area contributed by atoms with Gasteiger partial charge in [-0.25, -0.2) is 0 Å². The Hall–Kier alpha value is -3.45. The summed E-state index contributed by atoms with van der Waals surface area (Å²) in [6.45, 7) is 6.84. The number of rotatable bonds is 5. The lowest BCUT2D eigenvalue weighted by Gasteiger charge is -2.34. The molecule has 0 spiro atoms. The maximum atomic E-state index is 12.9. The van der Waals surface area contributed by atoms with Crippen LogP contribution in [-0.2, 0) is 4.79 Å². The van der Waals surface area contributed by atoms with E-state index in [1.165, 1.54) is 5.56 Å². The quantitative estimate of drug-likeness (QED) is 0.669. The number of carbonyl (C=O) groups is 2. The Balaban J connectivity index is 1.28. The number of benzene rings is 2. The van der Waals surface area contributed by atoms with Crippen LogP contribution >= 0.6 is 0 Å². The van der Waals surface area contributed by atoms with Gasteiger partial charge in [-0.05, 0) is 32.0 Å². The first-order chi connectivity index (χ1) is 15.0. The Bertz CT molecular complexity index is 1050. The summed E-state index contributed by atoms with van der Waals surface area (Å²) in [5.74, 6) is -0.102. The molecule has 1 aliphatic rings. The first-order valence-electron chi connectivity index (χ1n) is 10.5. The van der Waals surface area contributed by atoms with Gasteiger partial charge in [-0.15, -0.1) is 0 Å². The second-order valence-corrected chi connectivity index (χ2v) is 8.02. The molecule has 2 aromatic carbocycles. The zero-order valence-electron chi connectivity index (χ0n) is 17.9. The van der Waals surface area contributed by atoms with E-state index >= 15 is 0 Å². The minimum Gasteiger partial charge on any atom is -0.335 e. The van der Waals surface area contributed by atoms with Crippen molar-refractivity contribution in [1.29, 1.82) is 0 Å². The van der Waals surface area contributed by atoms with Crippen molar-refractivity contribution < 1.29 is 9.59 Å². The lowest BCUT2D eigenvalue weighted by molar-refractivity contribution is -0.117. The number of aromatic nitrogens is 2. The van der Waals surface area contributed by atoms with Gasteiger partial charge >= 0.3 is 0 Å². The highest BCUT2D eigenvalue weighted by molar-refractivity contribution is 5.94. The average molecular weight is 418 g/mol. The van der Waals surface area contributed by atoms with E-state index in [9.17, 15) is 9.59 Å². The van der Waals surface area contributed by atoms with Gasteiger partial charge in [0.1, 0.15) is 5.69 Å². The van der Waals surface area contributed by atoms with Gasteiger partial charge in [0.05, 0.1) is 12.2 Å². The predicted molar refractivity (Wildman–Crippen MR) is 121 cm³/mol. The van der Waals surface area contributed by atoms with Gasteiger partial charge in [0.2, 0.25) is 5.91 Å². The van der Waals surface area contributed by atoms with Gasteiger partial charge in [0.25, 0.3) is 5.91 Å². The minimum absolute atomic E-state index is 0.0417. The number of hydrogen-bond donors (Lipinski definition) is 2. The predicted octanol–water partition coefficient (Wildman–Crippen LogP) is 3.09. The zero-order chi connectivity index (χ0) is 21.8. The number of hydrogen-bond acceptors (Lipinski definition) is 4. The summed E-state index contributed by atoms with van der Waals surface area (Å²) in [6, 6.07) is 17.6. The molecular formula is C24H27N5O2. The third-order valence-corrected chi connectivity index (χ3v) is 5.52. The number of aromatic amines is 1. The fourth-order valence-electron chi connectivity index (χ4n) is 3.62. The third kappa shape index (κ3) is 5.19. The molecule has 0 radical (unpaired) electrons. The number of aryl methyl sites for hydroxylation is 2. The first-order valence-corrected chi connectivity index (χ1v) is 10.5. The number of nitrogens with zero attached hydrogens (tertiary/aromatic N) is 3. The largest absolute Gasteiger partial charge is 0.335 e. The summed E-state index contributed by atoms with van der Waals surface area (Å²) in [7, 11) is 0. The summed E-state index contributed by atoms with van der Waals surface area (Å²) in [5.41, 5.74) is 5.36. The second-order valence-electron chi connectivity index (χ2n) is 8.02. The molecule has 160 valence electrons. The monoisotopic (exact) mass is 417 g/mol. The van der Waals surface area contributed by atoms with Crippen molar-refractivity contribution in [3.63, 3.8) is 0 Å².